The van der Waals surface area contributed by atoms with Crippen molar-refractivity contribution in [2.45, 2.75) is 27.3 Å². The first-order valence-corrected chi connectivity index (χ1v) is 6.60. The molecule has 2 rings (SSSR count). The van der Waals surface area contributed by atoms with E-state index in [4.69, 9.17) is 11.6 Å². The highest BCUT2D eigenvalue weighted by Gasteiger charge is 2.06. The lowest BCUT2D eigenvalue weighted by Crippen LogP contribution is -1.99. The number of nitrogens with zero attached hydrogens (tertiary/aromatic N) is 2. The average Bonchev–Trinajstić information content (AvgIpc) is 2.63. The van der Waals surface area contributed by atoms with Gasteiger partial charge in [0.1, 0.15) is 11.4 Å². The van der Waals surface area contributed by atoms with E-state index in [2.05, 4.69) is 36.4 Å². The Bertz CT molecular complexity index is 629. The van der Waals surface area contributed by atoms with Gasteiger partial charge < -0.3 is 9.67 Å². The number of aryl methyl sites for hydroxylation is 1. The number of hydrogen-bond donors (Lipinski definition) is 1. The van der Waals surface area contributed by atoms with Gasteiger partial charge in [-0.2, -0.15) is 0 Å². The molecular weight excluding hydrogens is 260 g/mol. The molecule has 0 saturated carbocycles. The second-order valence-electron chi connectivity index (χ2n) is 4.46. The maximum atomic E-state index is 9.74. The molecule has 0 fully saturated rings. The molecule has 4 heteroatoms. The highest BCUT2D eigenvalue weighted by Crippen LogP contribution is 2.29. The van der Waals surface area contributed by atoms with Crippen LogP contribution in [-0.2, 0) is 6.54 Å². The van der Waals surface area contributed by atoms with Crippen LogP contribution in [0, 0.1) is 13.8 Å². The molecule has 0 aliphatic rings. The van der Waals surface area contributed by atoms with Crippen molar-refractivity contribution < 1.29 is 5.11 Å². The van der Waals surface area contributed by atoms with E-state index in [1.807, 2.05) is 0 Å². The van der Waals surface area contributed by atoms with Gasteiger partial charge in [-0.3, -0.25) is 4.99 Å². The fourth-order valence-corrected chi connectivity index (χ4v) is 2.36. The number of hydrogen-bond acceptors (Lipinski definition) is 2. The van der Waals surface area contributed by atoms with E-state index < -0.39 is 0 Å². The second-order valence-corrected chi connectivity index (χ2v) is 4.90. The molecule has 0 saturated heterocycles. The highest BCUT2D eigenvalue weighted by atomic mass is 35.5. The first kappa shape index (κ1) is 13.7. The number of benzene rings is 1. The normalized spacial score (nSPS) is 11.4. The monoisotopic (exact) mass is 276 g/mol. The van der Waals surface area contributed by atoms with Crippen LogP contribution in [0.2, 0.25) is 5.02 Å². The van der Waals surface area contributed by atoms with Crippen LogP contribution >= 0.6 is 11.6 Å². The highest BCUT2D eigenvalue weighted by molar-refractivity contribution is 6.30. The molecule has 0 atom stereocenters. The number of aromatic hydroxyl groups is 1. The summed E-state index contributed by atoms with van der Waals surface area (Å²) in [5.74, 6) is 0.0908. The van der Waals surface area contributed by atoms with Crippen LogP contribution < -0.4 is 0 Å². The zero-order chi connectivity index (χ0) is 14.0. The van der Waals surface area contributed by atoms with Crippen molar-refractivity contribution in [1.82, 2.24) is 4.57 Å². The largest absolute Gasteiger partial charge is 0.506 e. The van der Waals surface area contributed by atoms with Crippen LogP contribution in [-0.4, -0.2) is 15.9 Å². The maximum absolute atomic E-state index is 9.74. The third kappa shape index (κ3) is 2.82. The predicted octanol–water partition coefficient (Wildman–Crippen LogP) is 4.23. The minimum Gasteiger partial charge on any atom is -0.506 e. The molecule has 0 radical (unpaired) electrons. The van der Waals surface area contributed by atoms with Crippen molar-refractivity contribution in [2.75, 3.05) is 0 Å². The van der Waals surface area contributed by atoms with Crippen LogP contribution in [0.1, 0.15) is 23.9 Å². The Kier molecular flexibility index (Phi) is 3.96. The van der Waals surface area contributed by atoms with E-state index in [0.29, 0.717) is 10.7 Å². The van der Waals surface area contributed by atoms with Crippen molar-refractivity contribution >= 4 is 23.5 Å². The molecule has 1 aromatic heterocycles. The third-order valence-corrected chi connectivity index (χ3v) is 3.44. The molecule has 1 N–H and O–H groups in total. The Labute approximate surface area is 118 Å². The molecule has 0 unspecified atom stereocenters. The lowest BCUT2D eigenvalue weighted by atomic mass is 10.2. The molecule has 3 nitrogen and oxygen atoms in total. The molecular formula is C15H17ClN2O. The molecule has 100 valence electrons. The lowest BCUT2D eigenvalue weighted by molar-refractivity contribution is 0.477. The van der Waals surface area contributed by atoms with Gasteiger partial charge in [0.2, 0.25) is 0 Å². The van der Waals surface area contributed by atoms with E-state index in [1.54, 1.807) is 18.3 Å². The van der Waals surface area contributed by atoms with Crippen LogP contribution in [0.5, 0.6) is 5.75 Å². The summed E-state index contributed by atoms with van der Waals surface area (Å²) in [6, 6.07) is 7.00. The van der Waals surface area contributed by atoms with E-state index in [9.17, 15) is 5.11 Å². The summed E-state index contributed by atoms with van der Waals surface area (Å²) < 4.78 is 2.23. The summed E-state index contributed by atoms with van der Waals surface area (Å²) in [5.41, 5.74) is 3.97. The zero-order valence-corrected chi connectivity index (χ0v) is 12.1. The Hall–Kier alpha value is -1.74. The summed E-state index contributed by atoms with van der Waals surface area (Å²) in [6.45, 7) is 7.21. The standard InChI is InChI=1S/C15H17ClN2O/c1-4-18-10(2)7-12(11(18)3)9-17-14-6-5-13(16)8-15(14)19/h5-9,19H,4H2,1-3H3. The van der Waals surface area contributed by atoms with Crippen molar-refractivity contribution in [3.05, 3.63) is 46.2 Å². The predicted molar refractivity (Wildman–Crippen MR) is 80.0 cm³/mol. The number of rotatable bonds is 3. The Morgan fingerprint density at radius 3 is 2.63 bits per heavy atom. The number of halogens is 1. The van der Waals surface area contributed by atoms with Gasteiger partial charge in [0.15, 0.2) is 0 Å². The Morgan fingerprint density at radius 1 is 1.32 bits per heavy atom. The summed E-state index contributed by atoms with van der Waals surface area (Å²) in [5, 5.41) is 10.2. The zero-order valence-electron chi connectivity index (χ0n) is 11.3. The second kappa shape index (κ2) is 5.49. The van der Waals surface area contributed by atoms with Gasteiger partial charge >= 0.3 is 0 Å². The lowest BCUT2D eigenvalue weighted by Gasteiger charge is -2.04. The van der Waals surface area contributed by atoms with Gasteiger partial charge in [0.05, 0.1) is 0 Å². The minimum atomic E-state index is 0.0908. The molecule has 1 heterocycles. The molecule has 2 aromatic rings. The smallest absolute Gasteiger partial charge is 0.142 e. The van der Waals surface area contributed by atoms with E-state index in [1.165, 1.54) is 17.5 Å². The summed E-state index contributed by atoms with van der Waals surface area (Å²) in [7, 11) is 0. The quantitative estimate of drug-likeness (QED) is 0.837. The van der Waals surface area contributed by atoms with Crippen LogP contribution in [0.25, 0.3) is 0 Å². The van der Waals surface area contributed by atoms with E-state index in [0.717, 1.165) is 12.1 Å². The third-order valence-electron chi connectivity index (χ3n) is 3.21. The van der Waals surface area contributed by atoms with E-state index in [-0.39, 0.29) is 5.75 Å². The Morgan fingerprint density at radius 2 is 2.05 bits per heavy atom. The number of phenolic OH excluding ortho intramolecular Hbond substituents is 1. The first-order chi connectivity index (χ1) is 9.02. The van der Waals surface area contributed by atoms with Crippen molar-refractivity contribution in [1.29, 1.82) is 0 Å². The SMILES string of the molecule is CCn1c(C)cc(C=Nc2ccc(Cl)cc2O)c1C. The molecule has 0 aliphatic carbocycles. The molecule has 0 spiro atoms. The molecule has 19 heavy (non-hydrogen) atoms. The van der Waals surface area contributed by atoms with Gasteiger partial charge in [0, 0.05) is 40.8 Å². The fourth-order valence-electron chi connectivity index (χ4n) is 2.19. The topological polar surface area (TPSA) is 37.5 Å². The summed E-state index contributed by atoms with van der Waals surface area (Å²) in [6.07, 6.45) is 1.78. The molecule has 0 bridgehead atoms. The van der Waals surface area contributed by atoms with E-state index >= 15 is 0 Å². The molecule has 0 amide bonds. The van der Waals surface area contributed by atoms with Crippen LogP contribution in [0.4, 0.5) is 5.69 Å². The first-order valence-electron chi connectivity index (χ1n) is 6.22. The fraction of sp³-hybridized carbons (Fsp3) is 0.267. The minimum absolute atomic E-state index is 0.0908. The summed E-state index contributed by atoms with van der Waals surface area (Å²) in [4.78, 5) is 4.32. The number of phenols is 1. The molecule has 1 aromatic carbocycles. The molecule has 0 aliphatic heterocycles. The van der Waals surface area contributed by atoms with Crippen molar-refractivity contribution in [2.24, 2.45) is 4.99 Å². The van der Waals surface area contributed by atoms with Gasteiger partial charge in [0.25, 0.3) is 0 Å². The Balaban J connectivity index is 2.33. The summed E-state index contributed by atoms with van der Waals surface area (Å²) >= 11 is 5.79. The van der Waals surface area contributed by atoms with Crippen molar-refractivity contribution in [3.8, 4) is 5.75 Å². The van der Waals surface area contributed by atoms with Gasteiger partial charge in [-0.1, -0.05) is 11.6 Å². The number of aromatic nitrogens is 1. The number of aliphatic imine (C=N–C) groups is 1. The van der Waals surface area contributed by atoms with Crippen molar-refractivity contribution in [3.63, 3.8) is 0 Å². The van der Waals surface area contributed by atoms with Gasteiger partial charge in [-0.15, -0.1) is 0 Å². The maximum Gasteiger partial charge on any atom is 0.142 e. The van der Waals surface area contributed by atoms with Gasteiger partial charge in [-0.05, 0) is 39.0 Å². The average molecular weight is 277 g/mol. The van der Waals surface area contributed by atoms with Crippen LogP contribution in [0.3, 0.4) is 0 Å². The van der Waals surface area contributed by atoms with Crippen LogP contribution in [0.15, 0.2) is 29.3 Å². The van der Waals surface area contributed by atoms with Gasteiger partial charge in [-0.25, -0.2) is 0 Å².